The molecule has 2 aliphatic rings. The molecule has 0 unspecified atom stereocenters. The highest BCUT2D eigenvalue weighted by atomic mass is 16.3. The van der Waals surface area contributed by atoms with Crippen LogP contribution in [0.5, 0.6) is 0 Å². The average Bonchev–Trinajstić information content (AvgIpc) is 2.58. The molecule has 4 nitrogen and oxygen atoms in total. The van der Waals surface area contributed by atoms with E-state index in [0.29, 0.717) is 6.04 Å². The Labute approximate surface area is 84.3 Å². The lowest BCUT2D eigenvalue weighted by molar-refractivity contribution is 0.150. The lowest BCUT2D eigenvalue weighted by atomic mass is 9.93. The zero-order valence-electron chi connectivity index (χ0n) is 8.41. The van der Waals surface area contributed by atoms with E-state index >= 15 is 0 Å². The lowest BCUT2D eigenvalue weighted by Crippen LogP contribution is -2.49. The number of carbonyl (C=O) groups excluding carboxylic acids is 1. The first-order chi connectivity index (χ1) is 6.81. The van der Waals surface area contributed by atoms with Crippen LogP contribution in [-0.4, -0.2) is 41.3 Å². The molecule has 1 saturated carbocycles. The standard InChI is InChI=1S/C10H18N2O2/c13-7-9-5-2-6-12(9)10(14)11-8-3-1-4-8/h8-9,13H,1-7H2,(H,11,14)/t9-/m0/s1. The average molecular weight is 198 g/mol. The Hall–Kier alpha value is -0.770. The molecule has 1 saturated heterocycles. The number of urea groups is 1. The molecule has 0 aromatic carbocycles. The summed E-state index contributed by atoms with van der Waals surface area (Å²) >= 11 is 0. The van der Waals surface area contributed by atoms with E-state index in [9.17, 15) is 4.79 Å². The van der Waals surface area contributed by atoms with Crippen molar-refractivity contribution in [2.75, 3.05) is 13.2 Å². The molecule has 2 N–H and O–H groups in total. The third-order valence-electron chi connectivity index (χ3n) is 3.28. The summed E-state index contributed by atoms with van der Waals surface area (Å²) in [6.07, 6.45) is 5.42. The maximum absolute atomic E-state index is 11.7. The fraction of sp³-hybridized carbons (Fsp3) is 0.900. The number of amides is 2. The van der Waals surface area contributed by atoms with Crippen LogP contribution in [0.25, 0.3) is 0 Å². The summed E-state index contributed by atoms with van der Waals surface area (Å²) in [5, 5.41) is 12.1. The van der Waals surface area contributed by atoms with E-state index in [1.165, 1.54) is 6.42 Å². The molecule has 2 amide bonds. The summed E-state index contributed by atoms with van der Waals surface area (Å²) in [5.74, 6) is 0. The molecular formula is C10H18N2O2. The number of aliphatic hydroxyl groups excluding tert-OH is 1. The van der Waals surface area contributed by atoms with Crippen molar-refractivity contribution in [3.05, 3.63) is 0 Å². The van der Waals surface area contributed by atoms with Gasteiger partial charge in [0.25, 0.3) is 0 Å². The first-order valence-corrected chi connectivity index (χ1v) is 5.49. The van der Waals surface area contributed by atoms with Crippen LogP contribution in [0.4, 0.5) is 4.79 Å². The minimum Gasteiger partial charge on any atom is -0.394 e. The van der Waals surface area contributed by atoms with Gasteiger partial charge in [0, 0.05) is 12.6 Å². The minimum absolute atomic E-state index is 0.0197. The van der Waals surface area contributed by atoms with Gasteiger partial charge in [-0.3, -0.25) is 0 Å². The fourth-order valence-electron chi connectivity index (χ4n) is 2.10. The van der Waals surface area contributed by atoms with E-state index in [-0.39, 0.29) is 18.7 Å². The monoisotopic (exact) mass is 198 g/mol. The van der Waals surface area contributed by atoms with Gasteiger partial charge >= 0.3 is 6.03 Å². The number of rotatable bonds is 2. The number of nitrogens with zero attached hydrogens (tertiary/aromatic N) is 1. The van der Waals surface area contributed by atoms with E-state index in [4.69, 9.17) is 5.11 Å². The van der Waals surface area contributed by atoms with Crippen molar-refractivity contribution in [3.8, 4) is 0 Å². The Bertz CT molecular complexity index is 216. The van der Waals surface area contributed by atoms with E-state index in [0.717, 1.165) is 32.2 Å². The van der Waals surface area contributed by atoms with Crippen molar-refractivity contribution in [2.45, 2.75) is 44.2 Å². The molecule has 2 fully saturated rings. The molecule has 0 bridgehead atoms. The van der Waals surface area contributed by atoms with Gasteiger partial charge < -0.3 is 15.3 Å². The lowest BCUT2D eigenvalue weighted by Gasteiger charge is -2.31. The molecule has 2 rings (SSSR count). The SMILES string of the molecule is O=C(NC1CCC1)N1CCC[C@H]1CO. The van der Waals surface area contributed by atoms with Crippen LogP contribution >= 0.6 is 0 Å². The first kappa shape index (κ1) is 9.77. The number of aliphatic hydroxyl groups is 1. The zero-order valence-corrected chi connectivity index (χ0v) is 8.41. The van der Waals surface area contributed by atoms with Crippen molar-refractivity contribution < 1.29 is 9.90 Å². The van der Waals surface area contributed by atoms with Gasteiger partial charge in [0.1, 0.15) is 0 Å². The van der Waals surface area contributed by atoms with E-state index in [1.54, 1.807) is 4.90 Å². The molecule has 14 heavy (non-hydrogen) atoms. The van der Waals surface area contributed by atoms with Gasteiger partial charge in [-0.1, -0.05) is 0 Å². The van der Waals surface area contributed by atoms with Gasteiger partial charge in [0.15, 0.2) is 0 Å². The normalized spacial score (nSPS) is 27.5. The maximum Gasteiger partial charge on any atom is 0.317 e. The van der Waals surface area contributed by atoms with E-state index in [2.05, 4.69) is 5.32 Å². The fourth-order valence-corrected chi connectivity index (χ4v) is 2.10. The number of hydrogen-bond acceptors (Lipinski definition) is 2. The van der Waals surface area contributed by atoms with Crippen LogP contribution in [0, 0.1) is 0 Å². The molecule has 0 spiro atoms. The molecule has 0 aromatic rings. The summed E-state index contributed by atoms with van der Waals surface area (Å²) in [7, 11) is 0. The number of nitrogens with one attached hydrogen (secondary N) is 1. The van der Waals surface area contributed by atoms with Crippen molar-refractivity contribution in [1.29, 1.82) is 0 Å². The Morgan fingerprint density at radius 3 is 2.71 bits per heavy atom. The van der Waals surface area contributed by atoms with E-state index < -0.39 is 0 Å². The molecule has 1 atom stereocenters. The molecule has 1 aliphatic heterocycles. The largest absolute Gasteiger partial charge is 0.394 e. The molecule has 1 aliphatic carbocycles. The van der Waals surface area contributed by atoms with E-state index in [1.807, 2.05) is 0 Å². The smallest absolute Gasteiger partial charge is 0.317 e. The van der Waals surface area contributed by atoms with Gasteiger partial charge in [-0.15, -0.1) is 0 Å². The second kappa shape index (κ2) is 4.17. The van der Waals surface area contributed by atoms with Crippen LogP contribution in [0.2, 0.25) is 0 Å². The summed E-state index contributed by atoms with van der Waals surface area (Å²) in [4.78, 5) is 13.5. The Morgan fingerprint density at radius 2 is 2.14 bits per heavy atom. The van der Waals surface area contributed by atoms with Crippen molar-refractivity contribution in [2.24, 2.45) is 0 Å². The molecular weight excluding hydrogens is 180 g/mol. The van der Waals surface area contributed by atoms with Gasteiger partial charge in [-0.2, -0.15) is 0 Å². The second-order valence-electron chi connectivity index (χ2n) is 4.25. The Morgan fingerprint density at radius 1 is 1.36 bits per heavy atom. The highest BCUT2D eigenvalue weighted by Gasteiger charge is 2.30. The van der Waals surface area contributed by atoms with Crippen molar-refractivity contribution in [3.63, 3.8) is 0 Å². The molecule has 0 radical (unpaired) electrons. The third-order valence-corrected chi connectivity index (χ3v) is 3.28. The molecule has 80 valence electrons. The van der Waals surface area contributed by atoms with Gasteiger partial charge in [-0.25, -0.2) is 4.79 Å². The quantitative estimate of drug-likeness (QED) is 0.686. The topological polar surface area (TPSA) is 52.6 Å². The van der Waals surface area contributed by atoms with Crippen LogP contribution < -0.4 is 5.32 Å². The van der Waals surface area contributed by atoms with Crippen molar-refractivity contribution >= 4 is 6.03 Å². The highest BCUT2D eigenvalue weighted by Crippen LogP contribution is 2.21. The number of hydrogen-bond donors (Lipinski definition) is 2. The van der Waals surface area contributed by atoms with Gasteiger partial charge in [-0.05, 0) is 32.1 Å². The van der Waals surface area contributed by atoms with Gasteiger partial charge in [0.2, 0.25) is 0 Å². The number of likely N-dealkylation sites (tertiary alicyclic amines) is 1. The van der Waals surface area contributed by atoms with Crippen LogP contribution in [-0.2, 0) is 0 Å². The Kier molecular flexibility index (Phi) is 2.91. The predicted molar refractivity (Wildman–Crippen MR) is 53.0 cm³/mol. The highest BCUT2D eigenvalue weighted by molar-refractivity contribution is 5.75. The zero-order chi connectivity index (χ0) is 9.97. The maximum atomic E-state index is 11.7. The summed E-state index contributed by atoms with van der Waals surface area (Å²) in [5.41, 5.74) is 0. The Balaban J connectivity index is 1.83. The predicted octanol–water partition coefficient (Wildman–Crippen LogP) is 0.705. The van der Waals surface area contributed by atoms with Crippen LogP contribution in [0.15, 0.2) is 0 Å². The minimum atomic E-state index is 0.0197. The third kappa shape index (κ3) is 1.85. The molecule has 1 heterocycles. The molecule has 0 aromatic heterocycles. The van der Waals surface area contributed by atoms with Crippen LogP contribution in [0.3, 0.4) is 0 Å². The second-order valence-corrected chi connectivity index (χ2v) is 4.25. The number of carbonyl (C=O) groups is 1. The molecule has 4 heteroatoms. The summed E-state index contributed by atoms with van der Waals surface area (Å²) in [6.45, 7) is 0.891. The van der Waals surface area contributed by atoms with Crippen LogP contribution in [0.1, 0.15) is 32.1 Å². The van der Waals surface area contributed by atoms with Crippen molar-refractivity contribution in [1.82, 2.24) is 10.2 Å². The first-order valence-electron chi connectivity index (χ1n) is 5.49. The summed E-state index contributed by atoms with van der Waals surface area (Å²) < 4.78 is 0. The summed E-state index contributed by atoms with van der Waals surface area (Å²) in [6, 6.07) is 0.462. The van der Waals surface area contributed by atoms with Gasteiger partial charge in [0.05, 0.1) is 12.6 Å².